The summed E-state index contributed by atoms with van der Waals surface area (Å²) in [6.45, 7) is 0. The minimum Gasteiger partial charge on any atom is -0.507 e. The van der Waals surface area contributed by atoms with Crippen molar-refractivity contribution < 1.29 is 36.6 Å². The van der Waals surface area contributed by atoms with Crippen LogP contribution in [0.25, 0.3) is 0 Å². The molecule has 2 amide bonds. The van der Waals surface area contributed by atoms with Gasteiger partial charge in [0.1, 0.15) is 17.4 Å². The van der Waals surface area contributed by atoms with Crippen LogP contribution in [0.2, 0.25) is 0 Å². The van der Waals surface area contributed by atoms with E-state index in [2.05, 4.69) is 16.2 Å². The molecular formula is C21H14F5N3O3. The van der Waals surface area contributed by atoms with Gasteiger partial charge in [0, 0.05) is 23.4 Å². The molecule has 0 aliphatic heterocycles. The zero-order valence-corrected chi connectivity index (χ0v) is 15.9. The molecular weight excluding hydrogens is 437 g/mol. The van der Waals surface area contributed by atoms with Gasteiger partial charge in [-0.15, -0.1) is 0 Å². The number of amides is 2. The van der Waals surface area contributed by atoms with Crippen molar-refractivity contribution in [2.24, 2.45) is 0 Å². The van der Waals surface area contributed by atoms with E-state index in [9.17, 15) is 36.6 Å². The maximum atomic E-state index is 13.2. The third kappa shape index (κ3) is 5.50. The van der Waals surface area contributed by atoms with Crippen LogP contribution in [0.3, 0.4) is 0 Å². The average molecular weight is 451 g/mol. The molecule has 4 N–H and O–H groups in total. The maximum Gasteiger partial charge on any atom is 0.416 e. The fourth-order valence-electron chi connectivity index (χ4n) is 2.66. The molecule has 11 heteroatoms. The predicted molar refractivity (Wildman–Crippen MR) is 105 cm³/mol. The van der Waals surface area contributed by atoms with Crippen LogP contribution in [0.15, 0.2) is 60.7 Å². The van der Waals surface area contributed by atoms with E-state index in [4.69, 9.17) is 0 Å². The lowest BCUT2D eigenvalue weighted by atomic mass is 10.1. The standard InChI is InChI=1S/C21H14F5N3O3/c22-13-6-11(7-14(23)9-13)19(31)27-15-4-5-17(18(30)10-15)20(32)29-28-16-3-1-2-12(8-16)21(24,25)26/h1-10,28,30H,(H,27,31)(H,29,32). The second-order valence-electron chi connectivity index (χ2n) is 6.50. The number of aromatic hydroxyl groups is 1. The van der Waals surface area contributed by atoms with Gasteiger partial charge in [0.2, 0.25) is 0 Å². The first-order valence-corrected chi connectivity index (χ1v) is 8.87. The first-order chi connectivity index (χ1) is 15.0. The van der Waals surface area contributed by atoms with Gasteiger partial charge in [-0.2, -0.15) is 13.2 Å². The van der Waals surface area contributed by atoms with Gasteiger partial charge in [-0.1, -0.05) is 6.07 Å². The van der Waals surface area contributed by atoms with Gasteiger partial charge in [-0.25, -0.2) is 8.78 Å². The lowest BCUT2D eigenvalue weighted by Crippen LogP contribution is -2.29. The fraction of sp³-hybridized carbons (Fsp3) is 0.0476. The lowest BCUT2D eigenvalue weighted by molar-refractivity contribution is -0.137. The Morgan fingerprint density at radius 2 is 1.50 bits per heavy atom. The van der Waals surface area contributed by atoms with Crippen molar-refractivity contribution in [3.8, 4) is 5.75 Å². The van der Waals surface area contributed by atoms with Crippen LogP contribution in [-0.2, 0) is 6.18 Å². The summed E-state index contributed by atoms with van der Waals surface area (Å²) in [5.74, 6) is -4.18. The molecule has 0 fully saturated rings. The zero-order chi connectivity index (χ0) is 23.5. The Bertz CT molecular complexity index is 1160. The number of halogens is 5. The van der Waals surface area contributed by atoms with E-state index in [0.717, 1.165) is 42.5 Å². The minimum absolute atomic E-state index is 0.0274. The summed E-state index contributed by atoms with van der Waals surface area (Å²) < 4.78 is 64.7. The maximum absolute atomic E-state index is 13.2. The molecule has 3 aromatic rings. The minimum atomic E-state index is -4.56. The molecule has 32 heavy (non-hydrogen) atoms. The number of phenols is 1. The summed E-state index contributed by atoms with van der Waals surface area (Å²) in [5.41, 5.74) is 2.97. The first-order valence-electron chi connectivity index (χ1n) is 8.87. The van der Waals surface area contributed by atoms with E-state index in [-0.39, 0.29) is 22.5 Å². The van der Waals surface area contributed by atoms with E-state index in [1.807, 2.05) is 0 Å². The van der Waals surface area contributed by atoms with Crippen LogP contribution < -0.4 is 16.2 Å². The Hall–Kier alpha value is -4.15. The summed E-state index contributed by atoms with van der Waals surface area (Å²) in [6, 6.07) is 9.74. The molecule has 0 heterocycles. The van der Waals surface area contributed by atoms with E-state index >= 15 is 0 Å². The number of alkyl halides is 3. The highest BCUT2D eigenvalue weighted by Crippen LogP contribution is 2.30. The van der Waals surface area contributed by atoms with Gasteiger partial charge in [-0.3, -0.25) is 20.4 Å². The fourth-order valence-corrected chi connectivity index (χ4v) is 2.66. The lowest BCUT2D eigenvalue weighted by Gasteiger charge is -2.13. The van der Waals surface area contributed by atoms with Gasteiger partial charge >= 0.3 is 6.18 Å². The van der Waals surface area contributed by atoms with E-state index < -0.39 is 40.9 Å². The summed E-state index contributed by atoms with van der Waals surface area (Å²) in [4.78, 5) is 24.3. The number of hydrazine groups is 1. The molecule has 0 unspecified atom stereocenters. The van der Waals surface area contributed by atoms with Gasteiger partial charge < -0.3 is 10.4 Å². The van der Waals surface area contributed by atoms with Crippen LogP contribution in [0.4, 0.5) is 33.3 Å². The number of carbonyl (C=O) groups is 2. The van der Waals surface area contributed by atoms with Crippen molar-refractivity contribution in [1.82, 2.24) is 5.43 Å². The Kier molecular flexibility index (Phi) is 6.28. The molecule has 0 aliphatic carbocycles. The first kappa shape index (κ1) is 22.5. The van der Waals surface area contributed by atoms with Gasteiger partial charge in [0.05, 0.1) is 16.8 Å². The van der Waals surface area contributed by atoms with Crippen LogP contribution in [0.1, 0.15) is 26.3 Å². The molecule has 0 spiro atoms. The quantitative estimate of drug-likeness (QED) is 0.335. The number of hydrogen-bond donors (Lipinski definition) is 4. The summed E-state index contributed by atoms with van der Waals surface area (Å²) in [5, 5.41) is 12.4. The summed E-state index contributed by atoms with van der Waals surface area (Å²) in [7, 11) is 0. The van der Waals surface area contributed by atoms with Crippen molar-refractivity contribution in [3.05, 3.63) is 89.0 Å². The number of hydrogen-bond acceptors (Lipinski definition) is 4. The Labute approximate surface area is 177 Å². The molecule has 166 valence electrons. The Morgan fingerprint density at radius 1 is 0.812 bits per heavy atom. The number of phenolic OH excluding ortho intramolecular Hbond substituents is 1. The monoisotopic (exact) mass is 451 g/mol. The van der Waals surface area contributed by atoms with Gasteiger partial charge in [0.25, 0.3) is 11.8 Å². The number of nitrogens with one attached hydrogen (secondary N) is 3. The molecule has 0 saturated carbocycles. The predicted octanol–water partition coefficient (Wildman–Crippen LogP) is 4.70. The molecule has 0 radical (unpaired) electrons. The molecule has 0 bridgehead atoms. The number of benzene rings is 3. The smallest absolute Gasteiger partial charge is 0.416 e. The second kappa shape index (κ2) is 8.92. The molecule has 3 rings (SSSR count). The highest BCUT2D eigenvalue weighted by Gasteiger charge is 2.30. The highest BCUT2D eigenvalue weighted by molar-refractivity contribution is 6.05. The molecule has 3 aromatic carbocycles. The average Bonchev–Trinajstić information content (AvgIpc) is 2.71. The van der Waals surface area contributed by atoms with Crippen LogP contribution in [0, 0.1) is 11.6 Å². The van der Waals surface area contributed by atoms with Crippen LogP contribution in [-0.4, -0.2) is 16.9 Å². The summed E-state index contributed by atoms with van der Waals surface area (Å²) in [6.07, 6.45) is -4.56. The third-order valence-electron chi connectivity index (χ3n) is 4.14. The normalized spacial score (nSPS) is 11.0. The Morgan fingerprint density at radius 3 is 2.12 bits per heavy atom. The SMILES string of the molecule is O=C(Nc1ccc(C(=O)NNc2cccc(C(F)(F)F)c2)c(O)c1)c1cc(F)cc(F)c1. The highest BCUT2D eigenvalue weighted by atomic mass is 19.4. The van der Waals surface area contributed by atoms with Gasteiger partial charge in [0.15, 0.2) is 0 Å². The largest absolute Gasteiger partial charge is 0.507 e. The topological polar surface area (TPSA) is 90.5 Å². The third-order valence-corrected chi connectivity index (χ3v) is 4.14. The van der Waals surface area contributed by atoms with Gasteiger partial charge in [-0.05, 0) is 42.5 Å². The van der Waals surface area contributed by atoms with Crippen molar-refractivity contribution in [1.29, 1.82) is 0 Å². The number of anilines is 2. The van der Waals surface area contributed by atoms with Crippen molar-refractivity contribution in [3.63, 3.8) is 0 Å². The van der Waals surface area contributed by atoms with Crippen molar-refractivity contribution in [2.75, 3.05) is 10.7 Å². The molecule has 6 nitrogen and oxygen atoms in total. The molecule has 0 saturated heterocycles. The van der Waals surface area contributed by atoms with E-state index in [1.165, 1.54) is 12.1 Å². The molecule has 0 atom stereocenters. The Balaban J connectivity index is 1.67. The van der Waals surface area contributed by atoms with E-state index in [0.29, 0.717) is 6.07 Å². The molecule has 0 aromatic heterocycles. The number of rotatable bonds is 5. The van der Waals surface area contributed by atoms with E-state index in [1.54, 1.807) is 0 Å². The van der Waals surface area contributed by atoms with Crippen LogP contribution in [0.5, 0.6) is 5.75 Å². The second-order valence-corrected chi connectivity index (χ2v) is 6.50. The zero-order valence-electron chi connectivity index (χ0n) is 15.9. The number of carbonyl (C=O) groups excluding carboxylic acids is 2. The van der Waals surface area contributed by atoms with Crippen molar-refractivity contribution in [2.45, 2.75) is 6.18 Å². The molecule has 0 aliphatic rings. The summed E-state index contributed by atoms with van der Waals surface area (Å²) >= 11 is 0. The van der Waals surface area contributed by atoms with Crippen LogP contribution >= 0.6 is 0 Å². The van der Waals surface area contributed by atoms with Crippen molar-refractivity contribution >= 4 is 23.2 Å².